The fraction of sp³-hybridized carbons (Fsp3) is 0.857. The van der Waals surface area contributed by atoms with Crippen molar-refractivity contribution in [2.45, 2.75) is 37.5 Å². The molecular weight excluding hydrogens is 191 g/mol. The van der Waals surface area contributed by atoms with Crippen molar-refractivity contribution in [2.24, 2.45) is 5.11 Å². The molecule has 7 heteroatoms. The predicted molar refractivity (Wildman–Crippen MR) is 44.8 cm³/mol. The van der Waals surface area contributed by atoms with E-state index in [2.05, 4.69) is 15.3 Å². The number of carboxylic acid groups (broad SMARTS) is 1. The van der Waals surface area contributed by atoms with E-state index in [4.69, 9.17) is 10.6 Å². The highest BCUT2D eigenvalue weighted by Gasteiger charge is 2.33. The van der Waals surface area contributed by atoms with E-state index in [1.165, 1.54) is 0 Å². The summed E-state index contributed by atoms with van der Waals surface area (Å²) in [6, 6.07) is -0.931. The number of amides is 1. The molecule has 0 unspecified atom stereocenters. The van der Waals surface area contributed by atoms with E-state index in [0.29, 0.717) is 12.8 Å². The molecule has 1 rings (SSSR count). The Morgan fingerprint density at radius 1 is 1.64 bits per heavy atom. The smallest absolute Gasteiger partial charge is 0.404 e. The molecule has 78 valence electrons. The van der Waals surface area contributed by atoms with E-state index < -0.39 is 18.3 Å². The van der Waals surface area contributed by atoms with Crippen molar-refractivity contribution in [3.05, 3.63) is 0 Å². The van der Waals surface area contributed by atoms with Gasteiger partial charge in [0.2, 0.25) is 4.91 Å². The van der Waals surface area contributed by atoms with Gasteiger partial charge in [0.15, 0.2) is 0 Å². The van der Waals surface area contributed by atoms with E-state index in [1.54, 1.807) is 0 Å². The van der Waals surface area contributed by atoms with E-state index in [1.807, 2.05) is 0 Å². The van der Waals surface area contributed by atoms with Crippen LogP contribution in [0.2, 0.25) is 0 Å². The van der Waals surface area contributed by atoms with Crippen LogP contribution in [0, 0.1) is 5.53 Å². The number of alkyl halides is 1. The van der Waals surface area contributed by atoms with Crippen LogP contribution in [0.5, 0.6) is 0 Å². The highest BCUT2D eigenvalue weighted by Crippen LogP contribution is 2.23. The highest BCUT2D eigenvalue weighted by molar-refractivity contribution is 5.64. The van der Waals surface area contributed by atoms with Crippen LogP contribution in [0.3, 0.4) is 0 Å². The summed E-state index contributed by atoms with van der Waals surface area (Å²) in [7, 11) is 0. The fourth-order valence-corrected chi connectivity index (χ4v) is 1.60. The summed E-state index contributed by atoms with van der Waals surface area (Å²) in [5, 5.41) is 14.0. The van der Waals surface area contributed by atoms with Crippen LogP contribution in [0.4, 0.5) is 9.18 Å². The first-order chi connectivity index (χ1) is 6.63. The van der Waals surface area contributed by atoms with Gasteiger partial charge in [-0.05, 0) is 12.8 Å². The van der Waals surface area contributed by atoms with Gasteiger partial charge in [-0.1, -0.05) is 0 Å². The molecule has 0 heterocycles. The van der Waals surface area contributed by atoms with Crippen LogP contribution in [0.1, 0.15) is 19.3 Å². The first-order valence-corrected chi connectivity index (χ1v) is 4.33. The third-order valence-corrected chi connectivity index (χ3v) is 2.27. The molecular formula is C7H12FN4O2+. The van der Waals surface area contributed by atoms with Gasteiger partial charge in [0.25, 0.3) is 0 Å². The van der Waals surface area contributed by atoms with Crippen molar-refractivity contribution in [1.29, 1.82) is 5.53 Å². The molecule has 0 spiro atoms. The van der Waals surface area contributed by atoms with Gasteiger partial charge >= 0.3 is 6.09 Å². The quantitative estimate of drug-likeness (QED) is 0.461. The van der Waals surface area contributed by atoms with Crippen LogP contribution in [-0.4, -0.2) is 29.5 Å². The lowest BCUT2D eigenvalue weighted by atomic mass is 9.90. The van der Waals surface area contributed by atoms with Crippen molar-refractivity contribution >= 4 is 6.09 Å². The minimum absolute atomic E-state index is 0.132. The number of rotatable bonds is 2. The Balaban J connectivity index is 2.47. The second-order valence-electron chi connectivity index (χ2n) is 3.25. The zero-order valence-electron chi connectivity index (χ0n) is 7.48. The Labute approximate surface area is 79.7 Å². The zero-order chi connectivity index (χ0) is 10.6. The summed E-state index contributed by atoms with van der Waals surface area (Å²) in [5.41, 5.74) is 6.49. The van der Waals surface area contributed by atoms with E-state index >= 15 is 0 Å². The lowest BCUT2D eigenvalue weighted by molar-refractivity contribution is 0.149. The third kappa shape index (κ3) is 2.77. The average Bonchev–Trinajstić information content (AvgIpc) is 2.10. The van der Waals surface area contributed by atoms with Crippen molar-refractivity contribution in [3.63, 3.8) is 0 Å². The number of nitrogens with zero attached hydrogens (tertiary/aromatic N) is 2. The Hall–Kier alpha value is -1.49. The third-order valence-electron chi connectivity index (χ3n) is 2.27. The first kappa shape index (κ1) is 10.6. The van der Waals surface area contributed by atoms with E-state index in [9.17, 15) is 9.18 Å². The molecule has 14 heavy (non-hydrogen) atoms. The van der Waals surface area contributed by atoms with Crippen molar-refractivity contribution in [3.8, 4) is 0 Å². The Kier molecular flexibility index (Phi) is 3.53. The largest absolute Gasteiger partial charge is 0.465 e. The molecule has 6 nitrogen and oxygen atoms in total. The van der Waals surface area contributed by atoms with Gasteiger partial charge in [0.05, 0.1) is 6.04 Å². The zero-order valence-corrected chi connectivity index (χ0v) is 7.48. The summed E-state index contributed by atoms with van der Waals surface area (Å²) >= 11 is 0. The molecule has 0 aromatic carbocycles. The maximum Gasteiger partial charge on any atom is 0.404 e. The summed E-state index contributed by atoms with van der Waals surface area (Å²) in [5.74, 6) is 0. The lowest BCUT2D eigenvalue weighted by Gasteiger charge is -2.26. The number of carbonyl (C=O) groups is 1. The normalized spacial score (nSPS) is 31.6. The summed E-state index contributed by atoms with van der Waals surface area (Å²) < 4.78 is 13.3. The number of hydrogen-bond donors (Lipinski definition) is 3. The van der Waals surface area contributed by atoms with Crippen LogP contribution in [0.15, 0.2) is 5.11 Å². The van der Waals surface area contributed by atoms with Gasteiger partial charge in [-0.15, -0.1) is 0 Å². The standard InChI is InChI=1S/C7H11FN4O2/c8-5-3-4(11-12-9)1-2-6(5)10-7(13)14/h4-6,9-10H,1-3H2/p+1/t4-,5+,6-/m1/s1. The summed E-state index contributed by atoms with van der Waals surface area (Å²) in [6.07, 6.45) is -1.35. The molecule has 0 aromatic rings. The molecule has 3 atom stereocenters. The topological polar surface area (TPSA) is 99.6 Å². The second kappa shape index (κ2) is 4.66. The van der Waals surface area contributed by atoms with Crippen molar-refractivity contribution < 1.29 is 14.3 Å². The predicted octanol–water partition coefficient (Wildman–Crippen LogP) is 1.06. The molecule has 0 radical (unpaired) electrons. The molecule has 0 aliphatic heterocycles. The van der Waals surface area contributed by atoms with E-state index in [-0.39, 0.29) is 12.5 Å². The van der Waals surface area contributed by atoms with Gasteiger partial charge < -0.3 is 10.4 Å². The second-order valence-corrected chi connectivity index (χ2v) is 3.25. The van der Waals surface area contributed by atoms with E-state index in [0.717, 1.165) is 0 Å². The average molecular weight is 203 g/mol. The molecule has 0 saturated heterocycles. The minimum Gasteiger partial charge on any atom is -0.465 e. The van der Waals surface area contributed by atoms with Gasteiger partial charge in [0.1, 0.15) is 22.9 Å². The van der Waals surface area contributed by atoms with Gasteiger partial charge in [0, 0.05) is 6.42 Å². The van der Waals surface area contributed by atoms with Gasteiger partial charge in [-0.2, -0.15) is 0 Å². The monoisotopic (exact) mass is 203 g/mol. The minimum atomic E-state index is -1.24. The molecule has 0 aromatic heterocycles. The van der Waals surface area contributed by atoms with Crippen LogP contribution in [0.25, 0.3) is 0 Å². The molecule has 0 bridgehead atoms. The Bertz CT molecular complexity index is 266. The molecule has 1 saturated carbocycles. The van der Waals surface area contributed by atoms with Crippen LogP contribution >= 0.6 is 0 Å². The van der Waals surface area contributed by atoms with Crippen LogP contribution in [-0.2, 0) is 0 Å². The molecule has 1 fully saturated rings. The Morgan fingerprint density at radius 2 is 2.36 bits per heavy atom. The molecule has 1 aliphatic rings. The number of nitrogens with one attached hydrogen (secondary N) is 2. The maximum absolute atomic E-state index is 13.3. The van der Waals surface area contributed by atoms with Crippen molar-refractivity contribution in [2.75, 3.05) is 0 Å². The lowest BCUT2D eigenvalue weighted by Crippen LogP contribution is -2.45. The van der Waals surface area contributed by atoms with Crippen LogP contribution < -0.4 is 10.2 Å². The van der Waals surface area contributed by atoms with Gasteiger partial charge in [-0.25, -0.2) is 9.18 Å². The fourth-order valence-electron chi connectivity index (χ4n) is 1.60. The summed E-state index contributed by atoms with van der Waals surface area (Å²) in [4.78, 5) is 13.1. The molecule has 1 amide bonds. The first-order valence-electron chi connectivity index (χ1n) is 4.33. The van der Waals surface area contributed by atoms with Gasteiger partial charge in [-0.3, -0.25) is 0 Å². The summed E-state index contributed by atoms with van der Waals surface area (Å²) in [6.45, 7) is 0. The van der Waals surface area contributed by atoms with Crippen molar-refractivity contribution in [1.82, 2.24) is 10.2 Å². The maximum atomic E-state index is 13.3. The Morgan fingerprint density at radius 3 is 2.86 bits per heavy atom. The molecule has 3 N–H and O–H groups in total. The highest BCUT2D eigenvalue weighted by atomic mass is 19.1. The number of hydrogen-bond acceptors (Lipinski definition) is 3. The number of halogens is 1. The SMILES string of the molecule is N=[N+]=N[C@@H]1CC[C@@H](NC(=O)O)[C@@H](F)C1. The molecule has 1 aliphatic carbocycles.